The van der Waals surface area contributed by atoms with Gasteiger partial charge in [-0.2, -0.15) is 10.2 Å². The van der Waals surface area contributed by atoms with E-state index in [4.69, 9.17) is 11.5 Å². The van der Waals surface area contributed by atoms with Crippen LogP contribution in [0, 0.1) is 19.3 Å². The second kappa shape index (κ2) is 6.35. The molecule has 0 radical (unpaired) electrons. The maximum atomic E-state index is 12.0. The molecule has 0 saturated heterocycles. The summed E-state index contributed by atoms with van der Waals surface area (Å²) >= 11 is 0. The van der Waals surface area contributed by atoms with Crippen molar-refractivity contribution in [3.8, 4) is 12.3 Å². The third-order valence-corrected chi connectivity index (χ3v) is 3.38. The molecule has 7 heteroatoms. The fourth-order valence-electron chi connectivity index (χ4n) is 2.01. The highest BCUT2D eigenvalue weighted by atomic mass is 16.4. The average Bonchev–Trinajstić information content (AvgIpc) is 3.25. The van der Waals surface area contributed by atoms with Crippen LogP contribution < -0.4 is 5.32 Å². The number of carbonyl (C=O) groups excluding carboxylic acids is 1. The number of aryl methyl sites for hydroxylation is 1. The van der Waals surface area contributed by atoms with E-state index in [1.807, 2.05) is 0 Å². The maximum absolute atomic E-state index is 12.0. The number of carboxylic acids is 1. The molecular weight excluding hydrogens is 284 g/mol. The molecule has 0 spiro atoms. The second-order valence-corrected chi connectivity index (χ2v) is 5.07. The lowest BCUT2D eigenvalue weighted by atomic mass is 10.0. The molecule has 2 rings (SSSR count). The van der Waals surface area contributed by atoms with Crippen molar-refractivity contribution in [2.75, 3.05) is 5.32 Å². The molecule has 0 atom stereocenters. The largest absolute Gasteiger partial charge is 0.477 e. The number of carbonyl (C=O) groups is 2. The van der Waals surface area contributed by atoms with Gasteiger partial charge in [0, 0.05) is 25.7 Å². The molecule has 2 N–H and O–H groups in total. The highest BCUT2D eigenvalue weighted by Crippen LogP contribution is 2.37. The highest BCUT2D eigenvalue weighted by Gasteiger charge is 2.39. The van der Waals surface area contributed by atoms with Crippen molar-refractivity contribution in [1.29, 1.82) is 0 Å². The average molecular weight is 300 g/mol. The number of aromatic nitrogens is 1. The van der Waals surface area contributed by atoms with E-state index in [1.54, 1.807) is 6.92 Å². The molecule has 1 amide bonds. The van der Waals surface area contributed by atoms with Crippen LogP contribution in [0.4, 0.5) is 5.69 Å². The van der Waals surface area contributed by atoms with E-state index in [1.165, 1.54) is 12.1 Å². The molecule has 2 heterocycles. The molecule has 1 aromatic rings. The molecule has 1 aliphatic rings. The monoisotopic (exact) mass is 300 g/mol. The molecule has 0 aliphatic carbocycles. The number of pyridine rings is 1. The highest BCUT2D eigenvalue weighted by molar-refractivity contribution is 5.92. The molecule has 114 valence electrons. The number of hydrogen-bond donors (Lipinski definition) is 2. The van der Waals surface area contributed by atoms with Crippen LogP contribution in [0.5, 0.6) is 0 Å². The first-order chi connectivity index (χ1) is 10.5. The molecule has 0 bridgehead atoms. The number of terminal acetylenes is 1. The molecule has 7 nitrogen and oxygen atoms in total. The molecular formula is C15H16N4O3. The zero-order valence-electron chi connectivity index (χ0n) is 12.2. The van der Waals surface area contributed by atoms with Crippen molar-refractivity contribution in [3.63, 3.8) is 0 Å². The minimum Gasteiger partial charge on any atom is -0.477 e. The molecule has 0 saturated carbocycles. The van der Waals surface area contributed by atoms with Crippen LogP contribution in [0.2, 0.25) is 0 Å². The van der Waals surface area contributed by atoms with Crippen LogP contribution in [0.25, 0.3) is 0 Å². The summed E-state index contributed by atoms with van der Waals surface area (Å²) < 4.78 is 0. The number of nitrogens with one attached hydrogen (secondary N) is 1. The van der Waals surface area contributed by atoms with Crippen LogP contribution in [0.1, 0.15) is 41.9 Å². The van der Waals surface area contributed by atoms with Gasteiger partial charge in [-0.05, 0) is 19.1 Å². The van der Waals surface area contributed by atoms with Crippen LogP contribution >= 0.6 is 0 Å². The Labute approximate surface area is 127 Å². The van der Waals surface area contributed by atoms with Crippen LogP contribution in [0.15, 0.2) is 22.4 Å². The Morgan fingerprint density at radius 3 is 2.64 bits per heavy atom. The van der Waals surface area contributed by atoms with E-state index in [-0.39, 0.29) is 18.0 Å². The van der Waals surface area contributed by atoms with E-state index in [2.05, 4.69) is 26.4 Å². The zero-order valence-corrected chi connectivity index (χ0v) is 12.2. The lowest BCUT2D eigenvalue weighted by molar-refractivity contribution is -0.116. The summed E-state index contributed by atoms with van der Waals surface area (Å²) in [5.41, 5.74) is 0.414. The fraction of sp³-hybridized carbons (Fsp3) is 0.400. The number of amides is 1. The minimum atomic E-state index is -1.10. The molecule has 0 aromatic carbocycles. The molecule has 1 aromatic heterocycles. The Bertz CT molecular complexity index is 670. The van der Waals surface area contributed by atoms with Crippen LogP contribution in [-0.4, -0.2) is 27.6 Å². The summed E-state index contributed by atoms with van der Waals surface area (Å²) in [5.74, 6) is 1.24. The Morgan fingerprint density at radius 2 is 2.09 bits per heavy atom. The Kier molecular flexibility index (Phi) is 4.51. The number of rotatable bonds is 7. The van der Waals surface area contributed by atoms with Crippen molar-refractivity contribution in [3.05, 3.63) is 23.5 Å². The quantitative estimate of drug-likeness (QED) is 0.754. The topological polar surface area (TPSA) is 104 Å². The normalized spacial score (nSPS) is 14.2. The maximum Gasteiger partial charge on any atom is 0.354 e. The second-order valence-electron chi connectivity index (χ2n) is 5.07. The van der Waals surface area contributed by atoms with Crippen LogP contribution in [0.3, 0.4) is 0 Å². The minimum absolute atomic E-state index is 0.0562. The summed E-state index contributed by atoms with van der Waals surface area (Å²) in [6.45, 7) is 1.64. The van der Waals surface area contributed by atoms with E-state index in [9.17, 15) is 9.59 Å². The molecule has 22 heavy (non-hydrogen) atoms. The van der Waals surface area contributed by atoms with Gasteiger partial charge in [-0.15, -0.1) is 12.3 Å². The van der Waals surface area contributed by atoms with E-state index in [0.717, 1.165) is 0 Å². The van der Waals surface area contributed by atoms with Gasteiger partial charge in [0.25, 0.3) is 0 Å². The SMILES string of the molecule is C#CCCC1(CCC(=O)Nc2ccc(C(=O)O)nc2C)N=N1. The third kappa shape index (κ3) is 3.88. The standard InChI is InChI=1S/C15H16N4O3/c1-3-4-8-15(18-19-15)9-7-13(20)17-11-5-6-12(14(21)22)16-10(11)2/h1,5-6H,4,7-9H2,2H3,(H,17,20)(H,21,22). The summed E-state index contributed by atoms with van der Waals surface area (Å²) in [6, 6.07) is 2.88. The number of hydrogen-bond acceptors (Lipinski definition) is 5. The van der Waals surface area contributed by atoms with Crippen molar-refractivity contribution < 1.29 is 14.7 Å². The predicted molar refractivity (Wildman–Crippen MR) is 79.5 cm³/mol. The first-order valence-corrected chi connectivity index (χ1v) is 6.84. The summed E-state index contributed by atoms with van der Waals surface area (Å²) in [6.07, 6.45) is 7.22. The third-order valence-electron chi connectivity index (χ3n) is 3.38. The number of anilines is 1. The van der Waals surface area contributed by atoms with Crippen molar-refractivity contribution >= 4 is 17.6 Å². The number of nitrogens with zero attached hydrogens (tertiary/aromatic N) is 3. The van der Waals surface area contributed by atoms with Crippen LogP contribution in [-0.2, 0) is 4.79 Å². The van der Waals surface area contributed by atoms with Gasteiger partial charge >= 0.3 is 5.97 Å². The Morgan fingerprint density at radius 1 is 1.36 bits per heavy atom. The number of aromatic carboxylic acids is 1. The molecule has 0 fully saturated rings. The summed E-state index contributed by atoms with van der Waals surface area (Å²) in [7, 11) is 0. The van der Waals surface area contributed by atoms with Gasteiger partial charge < -0.3 is 10.4 Å². The smallest absolute Gasteiger partial charge is 0.354 e. The van der Waals surface area contributed by atoms with Gasteiger partial charge in [0.05, 0.1) is 11.4 Å². The van der Waals surface area contributed by atoms with Gasteiger partial charge in [-0.3, -0.25) is 4.79 Å². The van der Waals surface area contributed by atoms with Gasteiger partial charge in [0.15, 0.2) is 5.66 Å². The Balaban J connectivity index is 1.87. The molecule has 0 unspecified atom stereocenters. The van der Waals surface area contributed by atoms with Crippen molar-refractivity contribution in [2.24, 2.45) is 10.2 Å². The van der Waals surface area contributed by atoms with Crippen molar-refractivity contribution in [2.45, 2.75) is 38.3 Å². The number of carboxylic acid groups (broad SMARTS) is 1. The first kappa shape index (κ1) is 15.6. The van der Waals surface area contributed by atoms with Crippen molar-refractivity contribution in [1.82, 2.24) is 4.98 Å². The van der Waals surface area contributed by atoms with E-state index in [0.29, 0.717) is 30.6 Å². The fourth-order valence-corrected chi connectivity index (χ4v) is 2.01. The summed E-state index contributed by atoms with van der Waals surface area (Å²) in [4.78, 5) is 26.7. The predicted octanol–water partition coefficient (Wildman–Crippen LogP) is 2.38. The molecule has 1 aliphatic heterocycles. The van der Waals surface area contributed by atoms with Gasteiger partial charge in [-0.1, -0.05) is 0 Å². The lowest BCUT2D eigenvalue weighted by Crippen LogP contribution is -2.18. The van der Waals surface area contributed by atoms with Gasteiger partial charge in [0.2, 0.25) is 5.91 Å². The first-order valence-electron chi connectivity index (χ1n) is 6.84. The zero-order chi connectivity index (χ0) is 16.2. The lowest BCUT2D eigenvalue weighted by Gasteiger charge is -2.10. The summed E-state index contributed by atoms with van der Waals surface area (Å²) in [5, 5.41) is 19.5. The van der Waals surface area contributed by atoms with Gasteiger partial charge in [0.1, 0.15) is 5.69 Å². The Hall–Kier alpha value is -2.75. The van der Waals surface area contributed by atoms with E-state index >= 15 is 0 Å². The van der Waals surface area contributed by atoms with Gasteiger partial charge in [-0.25, -0.2) is 9.78 Å². The van der Waals surface area contributed by atoms with E-state index < -0.39 is 11.6 Å².